The van der Waals surface area contributed by atoms with E-state index >= 15 is 0 Å². The first kappa shape index (κ1) is 15.1. The topological polar surface area (TPSA) is 38.9 Å². The molecule has 0 bridgehead atoms. The van der Waals surface area contributed by atoms with Crippen molar-refractivity contribution in [1.29, 1.82) is 0 Å². The SMILES string of the molecule is Cc1ccc2c(n1)oc1c(-c3ccccn3)ccc([Si](C)(C)C)c12. The van der Waals surface area contributed by atoms with Gasteiger partial charge in [0.2, 0.25) is 5.71 Å². The number of aryl methyl sites for hydroxylation is 1. The standard InChI is InChI=1S/C20H20N2OSi/c1-13-8-9-15-18-17(24(2,3)4)11-10-14(16-7-5-6-12-21-16)19(18)23-20(15)22-13/h5-12H,1-4H3. The summed E-state index contributed by atoms with van der Waals surface area (Å²) in [5, 5.41) is 3.72. The van der Waals surface area contributed by atoms with Gasteiger partial charge in [-0.3, -0.25) is 4.98 Å². The Morgan fingerprint density at radius 2 is 1.79 bits per heavy atom. The van der Waals surface area contributed by atoms with Crippen molar-refractivity contribution in [1.82, 2.24) is 9.97 Å². The zero-order valence-corrected chi connectivity index (χ0v) is 15.4. The van der Waals surface area contributed by atoms with E-state index in [4.69, 9.17) is 4.42 Å². The van der Waals surface area contributed by atoms with Crippen LogP contribution in [0, 0.1) is 6.92 Å². The van der Waals surface area contributed by atoms with Gasteiger partial charge in [-0.15, -0.1) is 0 Å². The van der Waals surface area contributed by atoms with E-state index in [9.17, 15) is 0 Å². The van der Waals surface area contributed by atoms with Crippen molar-refractivity contribution in [2.75, 3.05) is 0 Å². The average molecular weight is 332 g/mol. The average Bonchev–Trinajstić information content (AvgIpc) is 2.92. The highest BCUT2D eigenvalue weighted by atomic mass is 28.3. The Balaban J connectivity index is 2.16. The van der Waals surface area contributed by atoms with Crippen molar-refractivity contribution >= 4 is 35.3 Å². The molecular weight excluding hydrogens is 312 g/mol. The van der Waals surface area contributed by atoms with Crippen LogP contribution in [0.3, 0.4) is 0 Å². The molecule has 4 heteroatoms. The number of furan rings is 1. The zero-order chi connectivity index (χ0) is 16.9. The van der Waals surface area contributed by atoms with Crippen molar-refractivity contribution < 1.29 is 4.42 Å². The maximum absolute atomic E-state index is 6.23. The molecule has 0 unspecified atom stereocenters. The summed E-state index contributed by atoms with van der Waals surface area (Å²) >= 11 is 0. The maximum atomic E-state index is 6.23. The van der Waals surface area contributed by atoms with Crippen LogP contribution in [0.1, 0.15) is 5.69 Å². The van der Waals surface area contributed by atoms with Gasteiger partial charge in [0.25, 0.3) is 0 Å². The second-order valence-corrected chi connectivity index (χ2v) is 12.3. The molecule has 3 nitrogen and oxygen atoms in total. The van der Waals surface area contributed by atoms with Crippen LogP contribution >= 0.6 is 0 Å². The zero-order valence-electron chi connectivity index (χ0n) is 14.4. The minimum Gasteiger partial charge on any atom is -0.437 e. The Labute approximate surface area is 142 Å². The summed E-state index contributed by atoms with van der Waals surface area (Å²) in [5.74, 6) is 0. The van der Waals surface area contributed by atoms with Gasteiger partial charge in [0.1, 0.15) is 5.58 Å². The van der Waals surface area contributed by atoms with Crippen LogP contribution in [0.25, 0.3) is 33.3 Å². The Morgan fingerprint density at radius 3 is 2.50 bits per heavy atom. The van der Waals surface area contributed by atoms with Gasteiger partial charge in [-0.1, -0.05) is 31.8 Å². The molecule has 24 heavy (non-hydrogen) atoms. The summed E-state index contributed by atoms with van der Waals surface area (Å²) in [6, 6.07) is 14.6. The van der Waals surface area contributed by atoms with Gasteiger partial charge in [-0.2, -0.15) is 0 Å². The van der Waals surface area contributed by atoms with Crippen molar-refractivity contribution in [2.45, 2.75) is 26.6 Å². The highest BCUT2D eigenvalue weighted by Gasteiger charge is 2.25. The monoisotopic (exact) mass is 332 g/mol. The van der Waals surface area contributed by atoms with Gasteiger partial charge in [0, 0.05) is 28.2 Å². The molecule has 1 aromatic carbocycles. The first-order valence-electron chi connectivity index (χ1n) is 8.20. The smallest absolute Gasteiger partial charge is 0.227 e. The first-order chi connectivity index (χ1) is 11.4. The van der Waals surface area contributed by atoms with E-state index in [2.05, 4.69) is 53.9 Å². The number of fused-ring (bicyclic) bond motifs is 3. The second-order valence-electron chi connectivity index (χ2n) is 7.24. The Morgan fingerprint density at radius 1 is 0.958 bits per heavy atom. The highest BCUT2D eigenvalue weighted by molar-refractivity contribution is 6.90. The molecular formula is C20H20N2OSi. The van der Waals surface area contributed by atoms with Crippen molar-refractivity contribution in [3.8, 4) is 11.3 Å². The van der Waals surface area contributed by atoms with Gasteiger partial charge in [-0.25, -0.2) is 4.98 Å². The molecule has 0 N–H and O–H groups in total. The molecule has 4 rings (SSSR count). The number of benzene rings is 1. The lowest BCUT2D eigenvalue weighted by molar-refractivity contribution is 0.653. The third kappa shape index (κ3) is 2.34. The van der Waals surface area contributed by atoms with Gasteiger partial charge in [0.15, 0.2) is 0 Å². The lowest BCUT2D eigenvalue weighted by Crippen LogP contribution is -2.37. The van der Waals surface area contributed by atoms with E-state index in [1.54, 1.807) is 0 Å². The number of pyridine rings is 2. The number of aromatic nitrogens is 2. The lowest BCUT2D eigenvalue weighted by atomic mass is 10.1. The molecule has 0 atom stereocenters. The molecule has 0 fully saturated rings. The first-order valence-corrected chi connectivity index (χ1v) is 11.7. The fourth-order valence-electron chi connectivity index (χ4n) is 3.20. The van der Waals surface area contributed by atoms with Crippen LogP contribution in [0.15, 0.2) is 53.1 Å². The van der Waals surface area contributed by atoms with Crippen LogP contribution in [0.4, 0.5) is 0 Å². The maximum Gasteiger partial charge on any atom is 0.227 e. The molecule has 3 heterocycles. The molecule has 120 valence electrons. The van der Waals surface area contributed by atoms with E-state index in [1.165, 1.54) is 10.6 Å². The van der Waals surface area contributed by atoms with Gasteiger partial charge < -0.3 is 4.42 Å². The summed E-state index contributed by atoms with van der Waals surface area (Å²) in [5.41, 5.74) is 4.55. The van der Waals surface area contributed by atoms with Gasteiger partial charge in [-0.05, 0) is 42.4 Å². The van der Waals surface area contributed by atoms with Crippen molar-refractivity contribution in [2.24, 2.45) is 0 Å². The lowest BCUT2D eigenvalue weighted by Gasteiger charge is -2.18. The number of hydrogen-bond acceptors (Lipinski definition) is 3. The highest BCUT2D eigenvalue weighted by Crippen LogP contribution is 2.34. The van der Waals surface area contributed by atoms with E-state index in [-0.39, 0.29) is 0 Å². The van der Waals surface area contributed by atoms with Crippen molar-refractivity contribution in [3.63, 3.8) is 0 Å². The minimum atomic E-state index is -1.52. The molecule has 0 saturated carbocycles. The molecule has 4 aromatic rings. The summed E-state index contributed by atoms with van der Waals surface area (Å²) in [4.78, 5) is 9.11. The second kappa shape index (κ2) is 5.28. The number of nitrogens with zero attached hydrogens (tertiary/aromatic N) is 2. The quantitative estimate of drug-likeness (QED) is 0.490. The van der Waals surface area contributed by atoms with Crippen LogP contribution in [-0.2, 0) is 0 Å². The largest absolute Gasteiger partial charge is 0.437 e. The van der Waals surface area contributed by atoms with E-state index in [0.717, 1.165) is 27.9 Å². The summed E-state index contributed by atoms with van der Waals surface area (Å²) in [7, 11) is -1.52. The fraction of sp³-hybridized carbons (Fsp3) is 0.200. The Hall–Kier alpha value is -2.46. The predicted molar refractivity (Wildman–Crippen MR) is 102 cm³/mol. The molecule has 0 aliphatic carbocycles. The number of hydrogen-bond donors (Lipinski definition) is 0. The fourth-order valence-corrected chi connectivity index (χ4v) is 4.78. The molecule has 0 saturated heterocycles. The molecule has 0 radical (unpaired) electrons. The normalized spacial score (nSPS) is 12.2. The van der Waals surface area contributed by atoms with Crippen LogP contribution < -0.4 is 5.19 Å². The van der Waals surface area contributed by atoms with Crippen LogP contribution in [-0.4, -0.2) is 18.0 Å². The van der Waals surface area contributed by atoms with Crippen LogP contribution in [0.2, 0.25) is 19.6 Å². The Kier molecular flexibility index (Phi) is 3.32. The summed E-state index contributed by atoms with van der Waals surface area (Å²) < 4.78 is 6.23. The van der Waals surface area contributed by atoms with E-state index in [0.29, 0.717) is 5.71 Å². The molecule has 3 aromatic heterocycles. The molecule has 0 amide bonds. The molecule has 0 aliphatic rings. The van der Waals surface area contributed by atoms with Gasteiger partial charge in [0.05, 0.1) is 13.8 Å². The van der Waals surface area contributed by atoms with Crippen LogP contribution in [0.5, 0.6) is 0 Å². The van der Waals surface area contributed by atoms with Crippen molar-refractivity contribution in [3.05, 3.63) is 54.4 Å². The number of rotatable bonds is 2. The minimum absolute atomic E-state index is 0.716. The van der Waals surface area contributed by atoms with Gasteiger partial charge >= 0.3 is 0 Å². The summed E-state index contributed by atoms with van der Waals surface area (Å²) in [6.07, 6.45) is 1.82. The predicted octanol–water partition coefficient (Wildman–Crippen LogP) is 4.90. The van der Waals surface area contributed by atoms with E-state index < -0.39 is 8.07 Å². The molecule has 0 aliphatic heterocycles. The van der Waals surface area contributed by atoms with E-state index in [1.807, 2.05) is 31.3 Å². The summed E-state index contributed by atoms with van der Waals surface area (Å²) in [6.45, 7) is 9.08. The molecule has 0 spiro atoms. The Bertz CT molecular complexity index is 1050. The third-order valence-corrected chi connectivity index (χ3v) is 6.41. The third-order valence-electron chi connectivity index (χ3n) is 4.37.